The maximum atomic E-state index is 13.4. The van der Waals surface area contributed by atoms with Gasteiger partial charge in [-0.15, -0.1) is 0 Å². The fraction of sp³-hybridized carbons (Fsp3) is 0.360. The topological polar surface area (TPSA) is 102 Å². The van der Waals surface area contributed by atoms with E-state index in [-0.39, 0.29) is 28.4 Å². The van der Waals surface area contributed by atoms with E-state index in [1.807, 2.05) is 6.07 Å². The second-order valence-electron chi connectivity index (χ2n) is 8.15. The van der Waals surface area contributed by atoms with E-state index < -0.39 is 4.92 Å². The SMILES string of the molecule is CCN(CCCCCCn1nc(-c2cc([N+](=O)[O-])ccc2O)ccc1=O)Cc1cccc(F)c1. The summed E-state index contributed by atoms with van der Waals surface area (Å²) in [6.45, 7) is 5.01. The van der Waals surface area contributed by atoms with E-state index in [0.29, 0.717) is 18.8 Å². The molecule has 3 aromatic rings. The van der Waals surface area contributed by atoms with Crippen molar-refractivity contribution in [1.29, 1.82) is 0 Å². The molecule has 0 aliphatic rings. The lowest BCUT2D eigenvalue weighted by atomic mass is 10.1. The standard InChI is InChI=1S/C25H29FN4O4/c1-2-28(18-19-8-7-9-20(26)16-19)14-5-3-4-6-15-29-25(32)13-11-23(27-29)22-17-21(30(33)34)10-12-24(22)31/h7-13,16-17,31H,2-6,14-15,18H2,1H3. The van der Waals surface area contributed by atoms with Crippen molar-refractivity contribution < 1.29 is 14.4 Å². The van der Waals surface area contributed by atoms with Crippen molar-refractivity contribution in [3.05, 3.63) is 86.4 Å². The van der Waals surface area contributed by atoms with Gasteiger partial charge in [0.25, 0.3) is 11.2 Å². The van der Waals surface area contributed by atoms with Crippen LogP contribution in [0, 0.1) is 15.9 Å². The molecule has 2 aromatic carbocycles. The molecule has 0 radical (unpaired) electrons. The third-order valence-electron chi connectivity index (χ3n) is 5.67. The number of rotatable bonds is 12. The lowest BCUT2D eigenvalue weighted by molar-refractivity contribution is -0.384. The van der Waals surface area contributed by atoms with Gasteiger partial charge in [0, 0.05) is 31.3 Å². The highest BCUT2D eigenvalue weighted by molar-refractivity contribution is 5.69. The van der Waals surface area contributed by atoms with Gasteiger partial charge in [0.1, 0.15) is 11.6 Å². The summed E-state index contributed by atoms with van der Waals surface area (Å²) in [5.74, 6) is -0.357. The monoisotopic (exact) mass is 468 g/mol. The van der Waals surface area contributed by atoms with Crippen molar-refractivity contribution in [3.8, 4) is 17.0 Å². The predicted molar refractivity (Wildman–Crippen MR) is 128 cm³/mol. The van der Waals surface area contributed by atoms with Crippen LogP contribution in [0.4, 0.5) is 10.1 Å². The summed E-state index contributed by atoms with van der Waals surface area (Å²) in [6, 6.07) is 13.2. The van der Waals surface area contributed by atoms with Crippen LogP contribution in [0.5, 0.6) is 5.75 Å². The van der Waals surface area contributed by atoms with E-state index in [9.17, 15) is 24.4 Å². The quantitative estimate of drug-likeness (QED) is 0.234. The zero-order valence-electron chi connectivity index (χ0n) is 19.2. The van der Waals surface area contributed by atoms with Gasteiger partial charge in [-0.1, -0.05) is 31.9 Å². The number of aromatic nitrogens is 2. The Labute approximate surface area is 197 Å². The Kier molecular flexibility index (Phi) is 8.86. The predicted octanol–water partition coefficient (Wildman–Crippen LogP) is 4.75. The molecule has 0 amide bonds. The number of non-ortho nitro benzene ring substituents is 1. The van der Waals surface area contributed by atoms with Crippen molar-refractivity contribution in [2.45, 2.75) is 45.7 Å². The van der Waals surface area contributed by atoms with Gasteiger partial charge in [0.15, 0.2) is 0 Å². The van der Waals surface area contributed by atoms with E-state index in [1.165, 1.54) is 41.1 Å². The largest absolute Gasteiger partial charge is 0.507 e. The Morgan fingerprint density at radius 2 is 1.88 bits per heavy atom. The van der Waals surface area contributed by atoms with Gasteiger partial charge in [-0.3, -0.25) is 19.8 Å². The number of benzene rings is 2. The van der Waals surface area contributed by atoms with Crippen LogP contribution >= 0.6 is 0 Å². The average molecular weight is 469 g/mol. The molecule has 0 aliphatic carbocycles. The summed E-state index contributed by atoms with van der Waals surface area (Å²) in [6.07, 6.45) is 3.65. The van der Waals surface area contributed by atoms with E-state index >= 15 is 0 Å². The lowest BCUT2D eigenvalue weighted by Crippen LogP contribution is -2.24. The Morgan fingerprint density at radius 3 is 2.62 bits per heavy atom. The molecule has 1 aromatic heterocycles. The Balaban J connectivity index is 1.50. The highest BCUT2D eigenvalue weighted by Crippen LogP contribution is 2.30. The number of hydrogen-bond donors (Lipinski definition) is 1. The van der Waals surface area contributed by atoms with Crippen molar-refractivity contribution >= 4 is 5.69 Å². The number of aryl methyl sites for hydroxylation is 1. The maximum Gasteiger partial charge on any atom is 0.270 e. The van der Waals surface area contributed by atoms with Crippen LogP contribution < -0.4 is 5.56 Å². The van der Waals surface area contributed by atoms with E-state index in [0.717, 1.165) is 44.3 Å². The number of aromatic hydroxyl groups is 1. The number of nitro benzene ring substituents is 1. The van der Waals surface area contributed by atoms with Crippen LogP contribution in [0.15, 0.2) is 59.4 Å². The molecular formula is C25H29FN4O4. The molecule has 0 aliphatic heterocycles. The van der Waals surface area contributed by atoms with Crippen molar-refractivity contribution in [2.24, 2.45) is 0 Å². The van der Waals surface area contributed by atoms with Crippen LogP contribution in [0.2, 0.25) is 0 Å². The minimum absolute atomic E-state index is 0.137. The van der Waals surface area contributed by atoms with E-state index in [4.69, 9.17) is 0 Å². The molecule has 0 saturated heterocycles. The van der Waals surface area contributed by atoms with Crippen molar-refractivity contribution in [2.75, 3.05) is 13.1 Å². The van der Waals surface area contributed by atoms with Crippen LogP contribution in [0.25, 0.3) is 11.3 Å². The first kappa shape index (κ1) is 25.0. The van der Waals surface area contributed by atoms with Gasteiger partial charge in [-0.05, 0) is 55.8 Å². The smallest absolute Gasteiger partial charge is 0.270 e. The average Bonchev–Trinajstić information content (AvgIpc) is 2.81. The number of phenolic OH excluding ortho intramolecular Hbond substituents is 1. The molecule has 9 heteroatoms. The minimum Gasteiger partial charge on any atom is -0.507 e. The van der Waals surface area contributed by atoms with E-state index in [1.54, 1.807) is 12.1 Å². The third kappa shape index (κ3) is 6.95. The van der Waals surface area contributed by atoms with Crippen LogP contribution in [0.3, 0.4) is 0 Å². The Bertz CT molecular complexity index is 1180. The number of hydrogen-bond acceptors (Lipinski definition) is 6. The molecule has 0 atom stereocenters. The number of nitrogens with zero attached hydrogens (tertiary/aromatic N) is 4. The molecule has 0 spiro atoms. The number of phenols is 1. The third-order valence-corrected chi connectivity index (χ3v) is 5.67. The van der Waals surface area contributed by atoms with Crippen molar-refractivity contribution in [1.82, 2.24) is 14.7 Å². The molecule has 0 bridgehead atoms. The lowest BCUT2D eigenvalue weighted by Gasteiger charge is -2.20. The molecule has 0 fully saturated rings. The highest BCUT2D eigenvalue weighted by Gasteiger charge is 2.14. The fourth-order valence-corrected chi connectivity index (χ4v) is 3.79. The van der Waals surface area contributed by atoms with E-state index in [2.05, 4.69) is 16.9 Å². The molecule has 3 rings (SSSR count). The zero-order chi connectivity index (χ0) is 24.5. The van der Waals surface area contributed by atoms with Crippen LogP contribution in [-0.4, -0.2) is 37.8 Å². The zero-order valence-corrected chi connectivity index (χ0v) is 19.2. The summed E-state index contributed by atoms with van der Waals surface area (Å²) < 4.78 is 14.7. The molecule has 1 heterocycles. The molecule has 8 nitrogen and oxygen atoms in total. The van der Waals surface area contributed by atoms with Gasteiger partial charge in [-0.25, -0.2) is 9.07 Å². The maximum absolute atomic E-state index is 13.4. The molecule has 0 saturated carbocycles. The summed E-state index contributed by atoms with van der Waals surface area (Å²) >= 11 is 0. The molecule has 180 valence electrons. The van der Waals surface area contributed by atoms with Gasteiger partial charge < -0.3 is 5.11 Å². The second kappa shape index (κ2) is 12.0. The second-order valence-corrected chi connectivity index (χ2v) is 8.15. The first-order chi connectivity index (χ1) is 16.4. The summed E-state index contributed by atoms with van der Waals surface area (Å²) in [7, 11) is 0. The molecule has 0 unspecified atom stereocenters. The number of nitro groups is 1. The van der Waals surface area contributed by atoms with Crippen LogP contribution in [-0.2, 0) is 13.1 Å². The minimum atomic E-state index is -0.545. The Morgan fingerprint density at radius 1 is 1.09 bits per heavy atom. The molecule has 34 heavy (non-hydrogen) atoms. The first-order valence-electron chi connectivity index (χ1n) is 11.4. The van der Waals surface area contributed by atoms with Gasteiger partial charge >= 0.3 is 0 Å². The number of unbranched alkanes of at least 4 members (excludes halogenated alkanes) is 3. The Hall–Kier alpha value is -3.59. The first-order valence-corrected chi connectivity index (χ1v) is 11.4. The molecular weight excluding hydrogens is 439 g/mol. The highest BCUT2D eigenvalue weighted by atomic mass is 19.1. The number of halogens is 1. The fourth-order valence-electron chi connectivity index (χ4n) is 3.79. The molecule has 1 N–H and O–H groups in total. The summed E-state index contributed by atoms with van der Waals surface area (Å²) in [5.41, 5.74) is 1.05. The van der Waals surface area contributed by atoms with Crippen LogP contribution in [0.1, 0.15) is 38.2 Å². The van der Waals surface area contributed by atoms with Gasteiger partial charge in [0.05, 0.1) is 16.2 Å². The summed E-state index contributed by atoms with van der Waals surface area (Å²) in [5, 5.41) is 25.4. The normalized spacial score (nSPS) is 11.1. The van der Waals surface area contributed by atoms with Crippen molar-refractivity contribution in [3.63, 3.8) is 0 Å². The summed E-state index contributed by atoms with van der Waals surface area (Å²) in [4.78, 5) is 25.0. The van der Waals surface area contributed by atoms with Gasteiger partial charge in [-0.2, -0.15) is 5.10 Å². The van der Waals surface area contributed by atoms with Gasteiger partial charge in [0.2, 0.25) is 0 Å².